The number of hydrogen-bond acceptors (Lipinski definition) is 5. The molecule has 0 unspecified atom stereocenters. The number of hydrogen-bond donors (Lipinski definition) is 2. The zero-order valence-electron chi connectivity index (χ0n) is 13.0. The zero-order chi connectivity index (χ0) is 18.0. The predicted molar refractivity (Wildman–Crippen MR) is 93.6 cm³/mol. The highest BCUT2D eigenvalue weighted by atomic mass is 35.5. The summed E-state index contributed by atoms with van der Waals surface area (Å²) in [4.78, 5) is 22.6. The van der Waals surface area contributed by atoms with Gasteiger partial charge in [0.15, 0.2) is 5.69 Å². The molecule has 1 aliphatic heterocycles. The topological polar surface area (TPSA) is 102 Å². The Labute approximate surface area is 153 Å². The van der Waals surface area contributed by atoms with Crippen LogP contribution in [-0.4, -0.2) is 39.7 Å². The minimum absolute atomic E-state index is 0.0765. The van der Waals surface area contributed by atoms with E-state index in [9.17, 15) is 14.9 Å². The lowest BCUT2D eigenvalue weighted by molar-refractivity contribution is -0.384. The molecule has 10 heteroatoms. The van der Waals surface area contributed by atoms with E-state index in [1.807, 2.05) is 0 Å². The molecule has 0 spiro atoms. The smallest absolute Gasteiger partial charge is 0.272 e. The fourth-order valence-electron chi connectivity index (χ4n) is 2.67. The van der Waals surface area contributed by atoms with Gasteiger partial charge in [-0.3, -0.25) is 14.9 Å². The number of non-ortho nitro benzene ring substituents is 1. The second kappa shape index (κ2) is 7.38. The van der Waals surface area contributed by atoms with Gasteiger partial charge in [-0.05, 0) is 32.0 Å². The Morgan fingerprint density at radius 2 is 1.96 bits per heavy atom. The van der Waals surface area contributed by atoms with Crippen LogP contribution in [0.4, 0.5) is 5.69 Å². The van der Waals surface area contributed by atoms with Crippen LogP contribution in [0.5, 0.6) is 0 Å². The van der Waals surface area contributed by atoms with Crippen LogP contribution in [0.25, 0.3) is 5.69 Å². The van der Waals surface area contributed by atoms with E-state index in [1.54, 1.807) is 6.07 Å². The van der Waals surface area contributed by atoms with Crippen molar-refractivity contribution in [3.63, 3.8) is 0 Å². The van der Waals surface area contributed by atoms with E-state index >= 15 is 0 Å². The van der Waals surface area contributed by atoms with E-state index in [2.05, 4.69) is 15.7 Å². The summed E-state index contributed by atoms with van der Waals surface area (Å²) in [6.45, 7) is 1.74. The number of aromatic nitrogens is 2. The molecule has 25 heavy (non-hydrogen) atoms. The Morgan fingerprint density at radius 1 is 1.32 bits per heavy atom. The maximum atomic E-state index is 12.3. The van der Waals surface area contributed by atoms with E-state index in [-0.39, 0.29) is 39.1 Å². The van der Waals surface area contributed by atoms with Crippen LogP contribution in [0.1, 0.15) is 23.3 Å². The first-order valence-electron chi connectivity index (χ1n) is 7.67. The van der Waals surface area contributed by atoms with Crippen molar-refractivity contribution in [2.45, 2.75) is 18.9 Å². The monoisotopic (exact) mass is 383 g/mol. The van der Waals surface area contributed by atoms with Gasteiger partial charge in [0.25, 0.3) is 11.6 Å². The molecule has 132 valence electrons. The number of benzene rings is 1. The lowest BCUT2D eigenvalue weighted by Crippen LogP contribution is -2.42. The van der Waals surface area contributed by atoms with Crippen molar-refractivity contribution < 1.29 is 9.72 Å². The summed E-state index contributed by atoms with van der Waals surface area (Å²) in [6, 6.07) is 4.05. The molecule has 8 nitrogen and oxygen atoms in total. The van der Waals surface area contributed by atoms with Crippen molar-refractivity contribution >= 4 is 34.8 Å². The molecule has 1 aromatic heterocycles. The number of piperidine rings is 1. The van der Waals surface area contributed by atoms with Crippen molar-refractivity contribution in [2.75, 3.05) is 13.1 Å². The number of nitrogens with zero attached hydrogens (tertiary/aromatic N) is 3. The normalized spacial score (nSPS) is 15.1. The van der Waals surface area contributed by atoms with E-state index in [4.69, 9.17) is 23.2 Å². The van der Waals surface area contributed by atoms with Crippen LogP contribution < -0.4 is 10.6 Å². The number of carbonyl (C=O) groups is 1. The van der Waals surface area contributed by atoms with Gasteiger partial charge in [-0.25, -0.2) is 4.68 Å². The third-order valence-corrected chi connectivity index (χ3v) is 4.51. The standard InChI is InChI=1S/C15H15Cl2N5O3/c16-11-7-10(22(24)25)8-12(17)14(11)21-6-3-13(20-21)15(23)19-9-1-4-18-5-2-9/h3,6-9,18H,1-2,4-5H2,(H,19,23). The summed E-state index contributed by atoms with van der Waals surface area (Å²) in [7, 11) is 0. The number of halogens is 2. The number of nitro groups is 1. The molecule has 2 N–H and O–H groups in total. The first kappa shape index (κ1) is 17.7. The van der Waals surface area contributed by atoms with Gasteiger partial charge in [-0.2, -0.15) is 5.10 Å². The van der Waals surface area contributed by atoms with Gasteiger partial charge in [0.2, 0.25) is 0 Å². The second-order valence-corrected chi connectivity index (χ2v) is 6.47. The maximum absolute atomic E-state index is 12.3. The summed E-state index contributed by atoms with van der Waals surface area (Å²) in [6.07, 6.45) is 3.27. The molecule has 1 aliphatic rings. The van der Waals surface area contributed by atoms with Gasteiger partial charge in [0.05, 0.1) is 15.0 Å². The maximum Gasteiger partial charge on any atom is 0.272 e. The summed E-state index contributed by atoms with van der Waals surface area (Å²) in [5, 5.41) is 21.4. The van der Waals surface area contributed by atoms with Crippen molar-refractivity contribution in [3.8, 4) is 5.69 Å². The lowest BCUT2D eigenvalue weighted by atomic mass is 10.1. The van der Waals surface area contributed by atoms with E-state index in [1.165, 1.54) is 23.0 Å². The Kier molecular flexibility index (Phi) is 5.22. The lowest BCUT2D eigenvalue weighted by Gasteiger charge is -2.23. The number of nitro benzene ring substituents is 1. The van der Waals surface area contributed by atoms with E-state index in [0.29, 0.717) is 0 Å². The molecule has 0 bridgehead atoms. The largest absolute Gasteiger partial charge is 0.348 e. The quantitative estimate of drug-likeness (QED) is 0.623. The molecule has 0 radical (unpaired) electrons. The molecule has 1 amide bonds. The SMILES string of the molecule is O=C(NC1CCNCC1)c1ccn(-c2c(Cl)cc([N+](=O)[O-])cc2Cl)n1. The van der Waals surface area contributed by atoms with Crippen LogP contribution >= 0.6 is 23.2 Å². The van der Waals surface area contributed by atoms with Gasteiger partial charge in [-0.15, -0.1) is 0 Å². The van der Waals surface area contributed by atoms with Crippen molar-refractivity contribution in [1.29, 1.82) is 0 Å². The van der Waals surface area contributed by atoms with Gasteiger partial charge < -0.3 is 10.6 Å². The van der Waals surface area contributed by atoms with Crippen LogP contribution in [0, 0.1) is 10.1 Å². The van der Waals surface area contributed by atoms with Gasteiger partial charge in [0.1, 0.15) is 5.69 Å². The Bertz CT molecular complexity index is 794. The van der Waals surface area contributed by atoms with E-state index in [0.717, 1.165) is 25.9 Å². The molecule has 1 fully saturated rings. The minimum Gasteiger partial charge on any atom is -0.348 e. The molecule has 0 aliphatic carbocycles. The van der Waals surface area contributed by atoms with Crippen molar-refractivity contribution in [2.24, 2.45) is 0 Å². The number of amides is 1. The number of carbonyl (C=O) groups excluding carboxylic acids is 1. The number of nitrogens with one attached hydrogen (secondary N) is 2. The highest BCUT2D eigenvalue weighted by Crippen LogP contribution is 2.32. The molecule has 3 rings (SSSR count). The van der Waals surface area contributed by atoms with Crippen LogP contribution in [0.15, 0.2) is 24.4 Å². The molecular formula is C15H15Cl2N5O3. The summed E-state index contributed by atoms with van der Waals surface area (Å²) in [5.74, 6) is -0.278. The second-order valence-electron chi connectivity index (χ2n) is 5.66. The molecule has 0 saturated carbocycles. The fourth-order valence-corrected chi connectivity index (χ4v) is 3.32. The third kappa shape index (κ3) is 3.92. The summed E-state index contributed by atoms with van der Waals surface area (Å²) < 4.78 is 1.34. The number of rotatable bonds is 4. The minimum atomic E-state index is -0.581. The zero-order valence-corrected chi connectivity index (χ0v) is 14.5. The van der Waals surface area contributed by atoms with Gasteiger partial charge in [-0.1, -0.05) is 23.2 Å². The van der Waals surface area contributed by atoms with E-state index < -0.39 is 4.92 Å². The van der Waals surface area contributed by atoms with Crippen molar-refractivity contribution in [1.82, 2.24) is 20.4 Å². The molecule has 1 saturated heterocycles. The predicted octanol–water partition coefficient (Wildman–Crippen LogP) is 2.57. The average molecular weight is 384 g/mol. The highest BCUT2D eigenvalue weighted by molar-refractivity contribution is 6.38. The van der Waals surface area contributed by atoms with Gasteiger partial charge >= 0.3 is 0 Å². The van der Waals surface area contributed by atoms with Crippen LogP contribution in [0.2, 0.25) is 10.0 Å². The molecule has 1 aromatic carbocycles. The first-order valence-corrected chi connectivity index (χ1v) is 8.42. The molecule has 2 heterocycles. The van der Waals surface area contributed by atoms with Crippen molar-refractivity contribution in [3.05, 3.63) is 50.2 Å². The Balaban J connectivity index is 1.81. The Morgan fingerprint density at radius 3 is 2.56 bits per heavy atom. The first-order chi connectivity index (χ1) is 12.0. The third-order valence-electron chi connectivity index (χ3n) is 3.94. The fraction of sp³-hybridized carbons (Fsp3) is 0.333. The molecule has 0 atom stereocenters. The van der Waals surface area contributed by atoms with Crippen LogP contribution in [-0.2, 0) is 0 Å². The Hall–Kier alpha value is -2.16. The summed E-state index contributed by atoms with van der Waals surface area (Å²) >= 11 is 12.2. The molecule has 2 aromatic rings. The average Bonchev–Trinajstić information content (AvgIpc) is 3.04. The summed E-state index contributed by atoms with van der Waals surface area (Å²) in [5.41, 5.74) is 0.300. The highest BCUT2D eigenvalue weighted by Gasteiger charge is 2.20. The van der Waals surface area contributed by atoms with Crippen LogP contribution in [0.3, 0.4) is 0 Å². The molecular weight excluding hydrogens is 369 g/mol. The van der Waals surface area contributed by atoms with Gasteiger partial charge in [0, 0.05) is 24.4 Å².